The molecule has 1 saturated heterocycles. The average molecular weight is 487 g/mol. The van der Waals surface area contributed by atoms with Crippen molar-refractivity contribution in [1.29, 1.82) is 0 Å². The van der Waals surface area contributed by atoms with Crippen LogP contribution < -0.4 is 10.2 Å². The first-order valence-corrected chi connectivity index (χ1v) is 11.0. The summed E-state index contributed by atoms with van der Waals surface area (Å²) in [6, 6.07) is 12.7. The monoisotopic (exact) mass is 486 g/mol. The molecule has 1 aliphatic rings. The van der Waals surface area contributed by atoms with E-state index in [9.17, 15) is 9.18 Å². The van der Waals surface area contributed by atoms with Crippen LogP contribution in [0, 0.1) is 5.82 Å². The van der Waals surface area contributed by atoms with Crippen LogP contribution in [0.4, 0.5) is 10.1 Å². The smallest absolute Gasteiger partial charge is 0.254 e. The lowest BCUT2D eigenvalue weighted by molar-refractivity contribution is -0.00539. The Balaban J connectivity index is 1.38. The number of nitrogens with one attached hydrogen (secondary N) is 1. The van der Waals surface area contributed by atoms with Crippen LogP contribution in [0.25, 0.3) is 5.69 Å². The largest absolute Gasteiger partial charge is 0.372 e. The van der Waals surface area contributed by atoms with Gasteiger partial charge in [0.05, 0.1) is 35.3 Å². The molecule has 0 spiro atoms. The van der Waals surface area contributed by atoms with Crippen molar-refractivity contribution in [2.75, 3.05) is 18.0 Å². The molecule has 1 aromatic heterocycles. The maximum absolute atomic E-state index is 14.7. The molecule has 2 heterocycles. The highest BCUT2D eigenvalue weighted by molar-refractivity contribution is 9.10. The molecule has 31 heavy (non-hydrogen) atoms. The molecule has 2 unspecified atom stereocenters. The van der Waals surface area contributed by atoms with Crippen molar-refractivity contribution in [1.82, 2.24) is 15.1 Å². The van der Waals surface area contributed by atoms with Crippen LogP contribution in [0.15, 0.2) is 59.3 Å². The SMILES string of the molecule is CC1CN(c2ccc(CNC(=O)c3cnn(-c4ccc(Br)cc4)c3)cc2F)CC(C)O1. The van der Waals surface area contributed by atoms with Gasteiger partial charge in [0, 0.05) is 30.3 Å². The second kappa shape index (κ2) is 9.20. The third-order valence-corrected chi connectivity index (χ3v) is 5.69. The molecule has 4 rings (SSSR count). The number of halogens is 2. The van der Waals surface area contributed by atoms with Crippen molar-refractivity contribution >= 4 is 27.5 Å². The second-order valence-corrected chi connectivity index (χ2v) is 8.70. The molecule has 3 aromatic rings. The standard InChI is InChI=1S/C23H24BrFN4O2/c1-15-12-28(13-16(2)31-15)22-8-3-17(9-21(22)25)10-26-23(30)18-11-27-29(14-18)20-6-4-19(24)5-7-20/h3-9,11,14-16H,10,12-13H2,1-2H3,(H,26,30). The van der Waals surface area contributed by atoms with Crippen LogP contribution >= 0.6 is 15.9 Å². The fraction of sp³-hybridized carbons (Fsp3) is 0.304. The van der Waals surface area contributed by atoms with Gasteiger partial charge in [-0.25, -0.2) is 9.07 Å². The van der Waals surface area contributed by atoms with Gasteiger partial charge in [0.15, 0.2) is 0 Å². The lowest BCUT2D eigenvalue weighted by Crippen LogP contribution is -2.45. The second-order valence-electron chi connectivity index (χ2n) is 7.78. The fourth-order valence-corrected chi connectivity index (χ4v) is 4.02. The van der Waals surface area contributed by atoms with E-state index in [4.69, 9.17) is 4.74 Å². The molecular formula is C23H24BrFN4O2. The van der Waals surface area contributed by atoms with E-state index in [1.54, 1.807) is 16.9 Å². The Bertz CT molecular complexity index is 1060. The number of nitrogens with zero attached hydrogens (tertiary/aromatic N) is 3. The number of amides is 1. The number of benzene rings is 2. The van der Waals surface area contributed by atoms with Crippen LogP contribution in [0.3, 0.4) is 0 Å². The van der Waals surface area contributed by atoms with Gasteiger partial charge < -0.3 is 15.0 Å². The number of rotatable bonds is 5. The van der Waals surface area contributed by atoms with Crippen LogP contribution in [0.1, 0.15) is 29.8 Å². The minimum absolute atomic E-state index is 0.0560. The van der Waals surface area contributed by atoms with E-state index in [1.165, 1.54) is 12.3 Å². The van der Waals surface area contributed by atoms with Gasteiger partial charge in [0.25, 0.3) is 5.91 Å². The van der Waals surface area contributed by atoms with Crippen molar-refractivity contribution in [2.24, 2.45) is 0 Å². The van der Waals surface area contributed by atoms with Crippen molar-refractivity contribution < 1.29 is 13.9 Å². The molecule has 2 aromatic carbocycles. The Morgan fingerprint density at radius 3 is 2.58 bits per heavy atom. The maximum Gasteiger partial charge on any atom is 0.254 e. The first kappa shape index (κ1) is 21.5. The van der Waals surface area contributed by atoms with E-state index in [0.717, 1.165) is 10.2 Å². The van der Waals surface area contributed by atoms with Gasteiger partial charge in [0.1, 0.15) is 5.82 Å². The molecule has 1 fully saturated rings. The fourth-order valence-electron chi connectivity index (χ4n) is 3.75. The van der Waals surface area contributed by atoms with Crippen molar-refractivity contribution in [3.05, 3.63) is 76.3 Å². The summed E-state index contributed by atoms with van der Waals surface area (Å²) in [5.74, 6) is -0.556. The molecule has 1 aliphatic heterocycles. The predicted molar refractivity (Wildman–Crippen MR) is 121 cm³/mol. The zero-order valence-corrected chi connectivity index (χ0v) is 19.0. The quantitative estimate of drug-likeness (QED) is 0.583. The highest BCUT2D eigenvalue weighted by Crippen LogP contribution is 2.24. The van der Waals surface area contributed by atoms with Gasteiger partial charge >= 0.3 is 0 Å². The summed E-state index contributed by atoms with van der Waals surface area (Å²) >= 11 is 3.40. The number of ether oxygens (including phenoxy) is 1. The highest BCUT2D eigenvalue weighted by atomic mass is 79.9. The lowest BCUT2D eigenvalue weighted by atomic mass is 10.1. The predicted octanol–water partition coefficient (Wildman–Crippen LogP) is 4.32. The normalized spacial score (nSPS) is 18.8. The molecule has 0 aliphatic carbocycles. The number of hydrogen-bond donors (Lipinski definition) is 1. The van der Waals surface area contributed by atoms with Crippen molar-refractivity contribution in [3.63, 3.8) is 0 Å². The minimum Gasteiger partial charge on any atom is -0.372 e. The van der Waals surface area contributed by atoms with Crippen LogP contribution in [-0.4, -0.2) is 41.0 Å². The van der Waals surface area contributed by atoms with E-state index in [0.29, 0.717) is 29.9 Å². The topological polar surface area (TPSA) is 59.4 Å². The van der Waals surface area contributed by atoms with Gasteiger partial charge in [-0.2, -0.15) is 5.10 Å². The Kier molecular flexibility index (Phi) is 6.38. The summed E-state index contributed by atoms with van der Waals surface area (Å²) in [6.07, 6.45) is 3.30. The number of carbonyl (C=O) groups excluding carboxylic acids is 1. The first-order chi connectivity index (χ1) is 14.9. The molecule has 0 radical (unpaired) electrons. The Hall–Kier alpha value is -2.71. The van der Waals surface area contributed by atoms with Gasteiger partial charge in [-0.05, 0) is 55.8 Å². The molecule has 1 N–H and O–H groups in total. The van der Waals surface area contributed by atoms with Crippen molar-refractivity contribution in [2.45, 2.75) is 32.6 Å². The van der Waals surface area contributed by atoms with E-state index in [-0.39, 0.29) is 30.5 Å². The van der Waals surface area contributed by atoms with Gasteiger partial charge in [-0.15, -0.1) is 0 Å². The highest BCUT2D eigenvalue weighted by Gasteiger charge is 2.24. The van der Waals surface area contributed by atoms with E-state index < -0.39 is 0 Å². The summed E-state index contributed by atoms with van der Waals surface area (Å²) < 4.78 is 23.1. The summed E-state index contributed by atoms with van der Waals surface area (Å²) in [5.41, 5.74) is 2.56. The molecule has 0 bridgehead atoms. The molecule has 162 valence electrons. The number of carbonyl (C=O) groups is 1. The van der Waals surface area contributed by atoms with Gasteiger partial charge in [0.2, 0.25) is 0 Å². The zero-order valence-electron chi connectivity index (χ0n) is 17.4. The average Bonchev–Trinajstić information content (AvgIpc) is 3.22. The summed E-state index contributed by atoms with van der Waals surface area (Å²) in [7, 11) is 0. The molecule has 6 nitrogen and oxygen atoms in total. The molecule has 2 atom stereocenters. The number of hydrogen-bond acceptors (Lipinski definition) is 4. The number of morpholine rings is 1. The van der Waals surface area contributed by atoms with E-state index >= 15 is 0 Å². The van der Waals surface area contributed by atoms with Crippen LogP contribution in [-0.2, 0) is 11.3 Å². The van der Waals surface area contributed by atoms with Crippen LogP contribution in [0.5, 0.6) is 0 Å². The molecule has 0 saturated carbocycles. The zero-order chi connectivity index (χ0) is 22.0. The Morgan fingerprint density at radius 1 is 1.19 bits per heavy atom. The molecule has 8 heteroatoms. The van der Waals surface area contributed by atoms with Crippen LogP contribution in [0.2, 0.25) is 0 Å². The lowest BCUT2D eigenvalue weighted by Gasteiger charge is -2.37. The first-order valence-electron chi connectivity index (χ1n) is 10.2. The summed E-state index contributed by atoms with van der Waals surface area (Å²) in [5, 5.41) is 7.08. The van der Waals surface area contributed by atoms with Crippen molar-refractivity contribution in [3.8, 4) is 5.69 Å². The van der Waals surface area contributed by atoms with E-state index in [1.807, 2.05) is 49.1 Å². The Labute approximate surface area is 189 Å². The summed E-state index contributed by atoms with van der Waals surface area (Å²) in [6.45, 7) is 5.52. The third kappa shape index (κ3) is 5.14. The van der Waals surface area contributed by atoms with E-state index in [2.05, 4.69) is 26.3 Å². The molecular weight excluding hydrogens is 463 g/mol. The number of aromatic nitrogens is 2. The van der Waals surface area contributed by atoms with Gasteiger partial charge in [-0.1, -0.05) is 22.0 Å². The third-order valence-electron chi connectivity index (χ3n) is 5.16. The van der Waals surface area contributed by atoms with Gasteiger partial charge in [-0.3, -0.25) is 4.79 Å². The molecule has 1 amide bonds. The maximum atomic E-state index is 14.7. The summed E-state index contributed by atoms with van der Waals surface area (Å²) in [4.78, 5) is 14.5. The minimum atomic E-state index is -0.295. The number of anilines is 1. The Morgan fingerprint density at radius 2 is 1.90 bits per heavy atom.